The Morgan fingerprint density at radius 1 is 1.17 bits per heavy atom. The number of carbonyl (C=O) groups is 3. The fourth-order valence-electron chi connectivity index (χ4n) is 4.46. The van der Waals surface area contributed by atoms with Gasteiger partial charge in [-0.05, 0) is 24.1 Å². The van der Waals surface area contributed by atoms with Crippen LogP contribution in [0.3, 0.4) is 0 Å². The molecule has 29 heavy (non-hydrogen) atoms. The van der Waals surface area contributed by atoms with Crippen LogP contribution >= 0.6 is 0 Å². The fraction of sp³-hybridized carbons (Fsp3) is 0.571. The summed E-state index contributed by atoms with van der Waals surface area (Å²) in [5.74, 6) is -0.439. The lowest BCUT2D eigenvalue weighted by Gasteiger charge is -2.32. The van der Waals surface area contributed by atoms with Gasteiger partial charge >= 0.3 is 12.0 Å². The van der Waals surface area contributed by atoms with Crippen LogP contribution in [0.4, 0.5) is 9.18 Å². The molecule has 0 saturated carbocycles. The van der Waals surface area contributed by atoms with Gasteiger partial charge in [-0.2, -0.15) is 0 Å². The van der Waals surface area contributed by atoms with Crippen molar-refractivity contribution in [2.45, 2.75) is 25.3 Å². The van der Waals surface area contributed by atoms with Crippen molar-refractivity contribution < 1.29 is 23.5 Å². The van der Waals surface area contributed by atoms with Gasteiger partial charge < -0.3 is 19.4 Å². The third-order valence-electron chi connectivity index (χ3n) is 5.83. The van der Waals surface area contributed by atoms with Crippen molar-refractivity contribution in [3.05, 3.63) is 35.6 Å². The molecule has 3 amide bonds. The number of ether oxygens (including phenoxy) is 1. The number of esters is 1. The van der Waals surface area contributed by atoms with Crippen molar-refractivity contribution in [1.82, 2.24) is 14.7 Å². The zero-order chi connectivity index (χ0) is 21.1. The average molecular weight is 405 g/mol. The second-order valence-corrected chi connectivity index (χ2v) is 7.98. The molecule has 1 aromatic rings. The molecule has 0 aromatic heterocycles. The molecule has 3 atom stereocenters. The smallest absolute Gasteiger partial charge is 0.320 e. The monoisotopic (exact) mass is 405 g/mol. The zero-order valence-corrected chi connectivity index (χ0v) is 17.1. The maximum Gasteiger partial charge on any atom is 0.320 e. The summed E-state index contributed by atoms with van der Waals surface area (Å²) in [4.78, 5) is 41.7. The van der Waals surface area contributed by atoms with Gasteiger partial charge in [-0.15, -0.1) is 0 Å². The Morgan fingerprint density at radius 3 is 2.59 bits per heavy atom. The SMILES string of the molecule is COC(=O)CCCC(=O)N1C[C@@H]2CN(C(=O)N(C)C)[C@H](c3cccc(F)c3)[C@@H]2C1. The fourth-order valence-corrected chi connectivity index (χ4v) is 4.46. The predicted molar refractivity (Wildman–Crippen MR) is 104 cm³/mol. The van der Waals surface area contributed by atoms with Gasteiger partial charge in [-0.25, -0.2) is 9.18 Å². The summed E-state index contributed by atoms with van der Waals surface area (Å²) >= 11 is 0. The summed E-state index contributed by atoms with van der Waals surface area (Å²) < 4.78 is 18.5. The van der Waals surface area contributed by atoms with E-state index < -0.39 is 0 Å². The maximum absolute atomic E-state index is 13.9. The van der Waals surface area contributed by atoms with E-state index in [0.29, 0.717) is 32.5 Å². The number of halogens is 1. The van der Waals surface area contributed by atoms with E-state index in [1.54, 1.807) is 25.1 Å². The summed E-state index contributed by atoms with van der Waals surface area (Å²) in [7, 11) is 4.74. The first kappa shape index (κ1) is 21.1. The number of hydrogen-bond acceptors (Lipinski definition) is 4. The minimum absolute atomic E-state index is 0.00628. The Labute approximate surface area is 170 Å². The topological polar surface area (TPSA) is 70.2 Å². The van der Waals surface area contributed by atoms with E-state index in [-0.39, 0.29) is 48.0 Å². The molecule has 7 nitrogen and oxygen atoms in total. The largest absolute Gasteiger partial charge is 0.469 e. The van der Waals surface area contributed by atoms with E-state index in [9.17, 15) is 18.8 Å². The minimum atomic E-state index is -0.336. The van der Waals surface area contributed by atoms with Crippen LogP contribution in [0.1, 0.15) is 30.9 Å². The second-order valence-electron chi connectivity index (χ2n) is 7.98. The Morgan fingerprint density at radius 2 is 1.93 bits per heavy atom. The van der Waals surface area contributed by atoms with E-state index in [1.807, 2.05) is 11.0 Å². The van der Waals surface area contributed by atoms with Gasteiger partial charge in [0.25, 0.3) is 0 Å². The van der Waals surface area contributed by atoms with Crippen molar-refractivity contribution >= 4 is 17.9 Å². The number of nitrogens with zero attached hydrogens (tertiary/aromatic N) is 3. The number of methoxy groups -OCH3 is 1. The number of rotatable bonds is 5. The van der Waals surface area contributed by atoms with Gasteiger partial charge in [-0.3, -0.25) is 9.59 Å². The quantitative estimate of drug-likeness (QED) is 0.705. The van der Waals surface area contributed by atoms with Crippen molar-refractivity contribution in [3.63, 3.8) is 0 Å². The molecule has 158 valence electrons. The van der Waals surface area contributed by atoms with Gasteiger partial charge in [0.05, 0.1) is 13.2 Å². The molecule has 1 aromatic carbocycles. The molecule has 2 heterocycles. The number of carbonyl (C=O) groups excluding carboxylic acids is 3. The molecule has 2 aliphatic rings. The first-order valence-electron chi connectivity index (χ1n) is 9.89. The highest BCUT2D eigenvalue weighted by molar-refractivity contribution is 5.78. The van der Waals surface area contributed by atoms with Crippen molar-refractivity contribution in [3.8, 4) is 0 Å². The summed E-state index contributed by atoms with van der Waals surface area (Å²) in [6.45, 7) is 1.64. The molecule has 3 rings (SSSR count). The standard InChI is InChI=1S/C21H28FN3O4/c1-23(2)21(28)25-12-15-11-24(18(26)8-5-9-19(27)29-3)13-17(15)20(25)14-6-4-7-16(22)10-14/h4,6-7,10,15,17,20H,5,8-9,11-13H2,1-3H3/t15-,17-,20-/m1/s1. The predicted octanol–water partition coefficient (Wildman–Crippen LogP) is 2.28. The summed E-state index contributed by atoms with van der Waals surface area (Å²) in [5, 5.41) is 0. The van der Waals surface area contributed by atoms with Gasteiger partial charge in [0.2, 0.25) is 5.91 Å². The highest BCUT2D eigenvalue weighted by Crippen LogP contribution is 2.45. The molecule has 2 fully saturated rings. The highest BCUT2D eigenvalue weighted by Gasteiger charge is 2.50. The summed E-state index contributed by atoms with van der Waals surface area (Å²) in [6, 6.07) is 5.99. The van der Waals surface area contributed by atoms with Crippen LogP contribution in [0.25, 0.3) is 0 Å². The van der Waals surface area contributed by atoms with E-state index in [0.717, 1.165) is 5.56 Å². The van der Waals surface area contributed by atoms with E-state index in [2.05, 4.69) is 4.74 Å². The van der Waals surface area contributed by atoms with Gasteiger partial charge in [-0.1, -0.05) is 12.1 Å². The Kier molecular flexibility index (Phi) is 6.39. The van der Waals surface area contributed by atoms with Crippen LogP contribution in [0.5, 0.6) is 0 Å². The molecule has 2 saturated heterocycles. The molecule has 0 radical (unpaired) electrons. The van der Waals surface area contributed by atoms with Crippen LogP contribution in [-0.4, -0.2) is 73.4 Å². The Bertz CT molecular complexity index is 785. The van der Waals surface area contributed by atoms with E-state index >= 15 is 0 Å². The molecule has 8 heteroatoms. The minimum Gasteiger partial charge on any atom is -0.469 e. The lowest BCUT2D eigenvalue weighted by molar-refractivity contribution is -0.140. The molecule has 0 N–H and O–H groups in total. The summed E-state index contributed by atoms with van der Waals surface area (Å²) in [5.41, 5.74) is 0.757. The molecular formula is C21H28FN3O4. The van der Waals surface area contributed by atoms with Gasteiger partial charge in [0.15, 0.2) is 0 Å². The molecule has 0 unspecified atom stereocenters. The zero-order valence-electron chi connectivity index (χ0n) is 17.1. The van der Waals surface area contributed by atoms with Crippen LogP contribution in [-0.2, 0) is 14.3 Å². The molecule has 2 aliphatic heterocycles. The molecule has 0 bridgehead atoms. The van der Waals surface area contributed by atoms with Gasteiger partial charge in [0.1, 0.15) is 5.82 Å². The van der Waals surface area contributed by atoms with Crippen LogP contribution in [0, 0.1) is 17.7 Å². The number of amides is 3. The average Bonchev–Trinajstić information content (AvgIpc) is 3.24. The Balaban J connectivity index is 1.73. The van der Waals surface area contributed by atoms with Crippen LogP contribution in [0.2, 0.25) is 0 Å². The van der Waals surface area contributed by atoms with E-state index in [1.165, 1.54) is 24.1 Å². The number of hydrogen-bond donors (Lipinski definition) is 0. The van der Waals surface area contributed by atoms with Crippen molar-refractivity contribution in [1.29, 1.82) is 0 Å². The highest BCUT2D eigenvalue weighted by atomic mass is 19.1. The summed E-state index contributed by atoms with van der Waals surface area (Å²) in [6.07, 6.45) is 0.968. The first-order chi connectivity index (χ1) is 13.8. The number of fused-ring (bicyclic) bond motifs is 1. The number of likely N-dealkylation sites (tertiary alicyclic amines) is 2. The third kappa shape index (κ3) is 4.52. The van der Waals surface area contributed by atoms with Gasteiger partial charge in [0, 0.05) is 58.4 Å². The first-order valence-corrected chi connectivity index (χ1v) is 9.89. The molecule has 0 aliphatic carbocycles. The third-order valence-corrected chi connectivity index (χ3v) is 5.83. The van der Waals surface area contributed by atoms with Crippen LogP contribution < -0.4 is 0 Å². The second kappa shape index (κ2) is 8.80. The molecule has 0 spiro atoms. The number of urea groups is 1. The molecular weight excluding hydrogens is 377 g/mol. The number of benzene rings is 1. The van der Waals surface area contributed by atoms with Crippen LogP contribution in [0.15, 0.2) is 24.3 Å². The van der Waals surface area contributed by atoms with Crippen molar-refractivity contribution in [2.24, 2.45) is 11.8 Å². The lowest BCUT2D eigenvalue weighted by Crippen LogP contribution is -2.42. The van der Waals surface area contributed by atoms with E-state index in [4.69, 9.17) is 0 Å². The Hall–Kier alpha value is -2.64. The van der Waals surface area contributed by atoms with Crippen molar-refractivity contribution in [2.75, 3.05) is 40.8 Å². The maximum atomic E-state index is 13.9. The normalized spacial score (nSPS) is 23.1. The lowest BCUT2D eigenvalue weighted by atomic mass is 9.89.